The highest BCUT2D eigenvalue weighted by Crippen LogP contribution is 2.35. The Kier molecular flexibility index (Phi) is 9.08. The molecule has 0 bridgehead atoms. The first-order valence-electron chi connectivity index (χ1n) is 17.8. The second-order valence-corrected chi connectivity index (χ2v) is 15.7. The molecule has 0 spiro atoms. The Balaban J connectivity index is 1.05. The number of hydrogen-bond donors (Lipinski definition) is 2. The highest BCUT2D eigenvalue weighted by Gasteiger charge is 2.40. The molecule has 272 valence electrons. The zero-order chi connectivity index (χ0) is 36.9. The molecule has 5 aromatic rings. The number of hydrazine groups is 2. The van der Waals surface area contributed by atoms with E-state index >= 15 is 0 Å². The lowest BCUT2D eigenvalue weighted by Crippen LogP contribution is -2.43. The number of fused-ring (bicyclic) bond motifs is 1. The predicted molar refractivity (Wildman–Crippen MR) is 201 cm³/mol. The third-order valence-electron chi connectivity index (χ3n) is 9.44. The second kappa shape index (κ2) is 13.4. The summed E-state index contributed by atoms with van der Waals surface area (Å²) in [6.07, 6.45) is 4.45. The minimum absolute atomic E-state index is 0.217. The molecular weight excluding hydrogens is 656 g/mol. The molecule has 3 aromatic carbocycles. The van der Waals surface area contributed by atoms with Crippen LogP contribution < -0.4 is 0 Å². The Morgan fingerprint density at radius 2 is 1.02 bits per heavy atom. The van der Waals surface area contributed by atoms with Crippen LogP contribution in [0.1, 0.15) is 78.1 Å². The van der Waals surface area contributed by atoms with E-state index in [9.17, 15) is 9.59 Å². The van der Waals surface area contributed by atoms with E-state index in [4.69, 9.17) is 9.47 Å². The maximum absolute atomic E-state index is 13.0. The molecule has 2 saturated heterocycles. The Labute approximate surface area is 304 Å². The molecule has 4 heterocycles. The number of amides is 2. The monoisotopic (exact) mass is 704 g/mol. The van der Waals surface area contributed by atoms with Crippen LogP contribution in [0.25, 0.3) is 44.4 Å². The van der Waals surface area contributed by atoms with Crippen LogP contribution >= 0.6 is 0 Å². The molecule has 0 unspecified atom stereocenters. The summed E-state index contributed by atoms with van der Waals surface area (Å²) < 4.78 is 11.3. The summed E-state index contributed by atoms with van der Waals surface area (Å²) in [4.78, 5) is 42.3. The van der Waals surface area contributed by atoms with Gasteiger partial charge in [-0.05, 0) is 94.0 Å². The van der Waals surface area contributed by atoms with Crippen molar-refractivity contribution < 1.29 is 19.1 Å². The summed E-state index contributed by atoms with van der Waals surface area (Å²) in [6, 6.07) is 20.9. The van der Waals surface area contributed by atoms with Crippen molar-refractivity contribution in [2.45, 2.75) is 77.7 Å². The number of imidazole rings is 2. The Bertz CT molecular complexity index is 2090. The minimum atomic E-state index is -0.582. The van der Waals surface area contributed by atoms with E-state index in [-0.39, 0.29) is 24.3 Å². The normalized spacial score (nSPS) is 18.8. The third-order valence-corrected chi connectivity index (χ3v) is 9.44. The maximum Gasteiger partial charge on any atom is 0.425 e. The van der Waals surface area contributed by atoms with Gasteiger partial charge in [0.15, 0.2) is 0 Å². The van der Waals surface area contributed by atoms with Gasteiger partial charge >= 0.3 is 12.2 Å². The number of H-pyrrole nitrogens is 2. The molecule has 2 aliphatic heterocycles. The average Bonchev–Trinajstić information content (AvgIpc) is 3.89. The molecule has 7 rings (SSSR count). The first kappa shape index (κ1) is 35.2. The Hall–Kier alpha value is -5.20. The van der Waals surface area contributed by atoms with Gasteiger partial charge in [0, 0.05) is 32.7 Å². The molecule has 0 saturated carbocycles. The fourth-order valence-corrected chi connectivity index (χ4v) is 6.95. The number of aromatic nitrogens is 4. The zero-order valence-corrected chi connectivity index (χ0v) is 31.2. The smallest absolute Gasteiger partial charge is 0.425 e. The zero-order valence-electron chi connectivity index (χ0n) is 31.2. The molecular formula is C40H48N8O4. The predicted octanol–water partition coefficient (Wildman–Crippen LogP) is 8.34. The van der Waals surface area contributed by atoms with Crippen LogP contribution in [0.5, 0.6) is 0 Å². The molecule has 2 N–H and O–H groups in total. The molecule has 0 radical (unpaired) electrons. The van der Waals surface area contributed by atoms with Crippen LogP contribution in [0.4, 0.5) is 9.59 Å². The summed E-state index contributed by atoms with van der Waals surface area (Å²) in [5, 5.41) is 9.36. The minimum Gasteiger partial charge on any atom is -0.443 e. The number of rotatable bonds is 5. The third kappa shape index (κ3) is 7.26. The van der Waals surface area contributed by atoms with Gasteiger partial charge in [-0.3, -0.25) is 0 Å². The molecule has 12 nitrogen and oxygen atoms in total. The van der Waals surface area contributed by atoms with E-state index < -0.39 is 11.2 Å². The van der Waals surface area contributed by atoms with Crippen LogP contribution in [0.3, 0.4) is 0 Å². The summed E-state index contributed by atoms with van der Waals surface area (Å²) in [5.74, 6) is 1.48. The number of nitrogens with one attached hydrogen (secondary N) is 2. The number of ether oxygens (including phenoxy) is 2. The van der Waals surface area contributed by atoms with Crippen molar-refractivity contribution in [3.8, 4) is 33.6 Å². The fraction of sp³-hybridized carbons (Fsp3) is 0.400. The van der Waals surface area contributed by atoms with Crippen LogP contribution in [0, 0.1) is 0 Å². The van der Waals surface area contributed by atoms with Crippen LogP contribution in [-0.4, -0.2) is 90.5 Å². The SMILES string of the molecule is CN1CC[C@@H](c2ncc(-c3ccc(-c4ccc5cc(-c6cnc([C@@H]7CCN(C)N7C(=O)OC(C)(C)C)[nH]6)ccc5c4)cc3)[nH]2)N1C(=O)OC(C)(C)C. The topological polar surface area (TPSA) is 123 Å². The van der Waals surface area contributed by atoms with Gasteiger partial charge in [-0.1, -0.05) is 48.5 Å². The number of carbonyl (C=O) groups is 2. The Morgan fingerprint density at radius 3 is 1.50 bits per heavy atom. The lowest BCUT2D eigenvalue weighted by molar-refractivity contribution is -0.0325. The summed E-state index contributed by atoms with van der Waals surface area (Å²) in [7, 11) is 3.79. The van der Waals surface area contributed by atoms with Crippen molar-refractivity contribution in [2.24, 2.45) is 0 Å². The van der Waals surface area contributed by atoms with Crippen LogP contribution in [0.2, 0.25) is 0 Å². The van der Waals surface area contributed by atoms with Gasteiger partial charge in [0.1, 0.15) is 34.9 Å². The maximum atomic E-state index is 13.0. The molecule has 2 fully saturated rings. The van der Waals surface area contributed by atoms with Gasteiger partial charge in [0.2, 0.25) is 0 Å². The molecule has 52 heavy (non-hydrogen) atoms. The van der Waals surface area contributed by atoms with Crippen LogP contribution in [-0.2, 0) is 9.47 Å². The molecule has 2 aromatic heterocycles. The fourth-order valence-electron chi connectivity index (χ4n) is 6.95. The highest BCUT2D eigenvalue weighted by molar-refractivity contribution is 5.90. The number of benzene rings is 3. The van der Waals surface area contributed by atoms with Gasteiger partial charge in [-0.2, -0.15) is 0 Å². The van der Waals surface area contributed by atoms with Gasteiger partial charge in [0.05, 0.1) is 23.8 Å². The van der Waals surface area contributed by atoms with Gasteiger partial charge in [0.25, 0.3) is 0 Å². The van der Waals surface area contributed by atoms with Crippen LogP contribution in [0.15, 0.2) is 73.1 Å². The second-order valence-electron chi connectivity index (χ2n) is 15.7. The molecule has 2 amide bonds. The summed E-state index contributed by atoms with van der Waals surface area (Å²) >= 11 is 0. The van der Waals surface area contributed by atoms with E-state index in [1.165, 1.54) is 0 Å². The lowest BCUT2D eigenvalue weighted by atomic mass is 9.98. The number of hydrogen-bond acceptors (Lipinski definition) is 8. The largest absolute Gasteiger partial charge is 0.443 e. The van der Waals surface area contributed by atoms with Gasteiger partial charge in [-0.25, -0.2) is 39.6 Å². The van der Waals surface area contributed by atoms with Crippen molar-refractivity contribution in [1.29, 1.82) is 0 Å². The summed E-state index contributed by atoms with van der Waals surface area (Å²) in [5.41, 5.74) is 4.90. The Morgan fingerprint density at radius 1 is 0.615 bits per heavy atom. The number of nitrogens with zero attached hydrogens (tertiary/aromatic N) is 6. The standard InChI is InChI=1S/C40H48N8O4/c1-39(2,3)51-37(49)47-33(17-19-45(47)7)35-41-23-31(43-35)26-11-9-25(10-12-26)27-13-14-29-22-30(16-15-28(29)21-27)32-24-42-36(44-32)34-18-20-46(8)48(34)38(50)52-40(4,5)6/h9-16,21-24,33-34H,17-20H2,1-8H3,(H,41,43)(H,42,44)/t33-,34-/m0/s1. The number of carbonyl (C=O) groups excluding carboxylic acids is 2. The molecule has 2 aliphatic rings. The van der Waals surface area contributed by atoms with E-state index in [0.717, 1.165) is 82.0 Å². The van der Waals surface area contributed by atoms with E-state index in [0.29, 0.717) is 0 Å². The van der Waals surface area contributed by atoms with E-state index in [1.54, 1.807) is 10.0 Å². The first-order chi connectivity index (χ1) is 24.6. The molecule has 12 heteroatoms. The van der Waals surface area contributed by atoms with Gasteiger partial charge in [-0.15, -0.1) is 0 Å². The van der Waals surface area contributed by atoms with Crippen molar-refractivity contribution in [3.05, 3.63) is 84.7 Å². The van der Waals surface area contributed by atoms with Gasteiger partial charge < -0.3 is 19.4 Å². The van der Waals surface area contributed by atoms with Crippen molar-refractivity contribution in [2.75, 3.05) is 27.2 Å². The average molecular weight is 705 g/mol. The van der Waals surface area contributed by atoms with E-state index in [2.05, 4.69) is 80.6 Å². The van der Waals surface area contributed by atoms with E-state index in [1.807, 2.05) is 78.0 Å². The summed E-state index contributed by atoms with van der Waals surface area (Å²) in [6.45, 7) is 12.7. The first-order valence-corrected chi connectivity index (χ1v) is 17.8. The molecule has 2 atom stereocenters. The highest BCUT2D eigenvalue weighted by atomic mass is 16.6. The number of aromatic amines is 2. The van der Waals surface area contributed by atoms with Crippen molar-refractivity contribution in [3.63, 3.8) is 0 Å². The lowest BCUT2D eigenvalue weighted by Gasteiger charge is -2.31. The van der Waals surface area contributed by atoms with Crippen molar-refractivity contribution >= 4 is 23.0 Å². The molecule has 0 aliphatic carbocycles. The van der Waals surface area contributed by atoms with Crippen molar-refractivity contribution in [1.82, 2.24) is 40.0 Å². The quantitative estimate of drug-likeness (QED) is 0.187.